The van der Waals surface area contributed by atoms with Gasteiger partial charge in [-0.05, 0) is 32.9 Å². The minimum atomic E-state index is 0.242. The molecule has 6 nitrogen and oxygen atoms in total. The van der Waals surface area contributed by atoms with Crippen molar-refractivity contribution in [3.8, 4) is 5.88 Å². The van der Waals surface area contributed by atoms with E-state index < -0.39 is 0 Å². The van der Waals surface area contributed by atoms with Crippen molar-refractivity contribution in [2.75, 3.05) is 25.6 Å². The van der Waals surface area contributed by atoms with Crippen LogP contribution in [0.1, 0.15) is 44.9 Å². The number of aromatic nitrogens is 2. The number of anilines is 1. The van der Waals surface area contributed by atoms with E-state index in [1.807, 2.05) is 13.8 Å². The standard InChI is InChI=1S/C14H25N5O/c1-10(2)14-16-12(18-15)9-13(17-14)20-8-6-11-5-4-7-19(11)3/h9-11H,4-8,15H2,1-3H3,(H,16,17,18). The molecular formula is C14H25N5O. The predicted molar refractivity (Wildman–Crippen MR) is 79.7 cm³/mol. The SMILES string of the molecule is CC(C)c1nc(NN)cc(OCCC2CCCN2C)n1. The van der Waals surface area contributed by atoms with Crippen LogP contribution < -0.4 is 16.0 Å². The van der Waals surface area contributed by atoms with Gasteiger partial charge in [-0.2, -0.15) is 4.98 Å². The molecule has 1 unspecified atom stereocenters. The highest BCUT2D eigenvalue weighted by Crippen LogP contribution is 2.20. The summed E-state index contributed by atoms with van der Waals surface area (Å²) in [6.07, 6.45) is 3.58. The molecule has 2 heterocycles. The summed E-state index contributed by atoms with van der Waals surface area (Å²) < 4.78 is 5.78. The molecular weight excluding hydrogens is 254 g/mol. The van der Waals surface area contributed by atoms with Crippen LogP contribution in [0.4, 0.5) is 5.82 Å². The fourth-order valence-corrected chi connectivity index (χ4v) is 2.49. The highest BCUT2D eigenvalue weighted by molar-refractivity contribution is 5.37. The second kappa shape index (κ2) is 6.85. The van der Waals surface area contributed by atoms with E-state index in [1.54, 1.807) is 6.07 Å². The average molecular weight is 279 g/mol. The van der Waals surface area contributed by atoms with Crippen molar-refractivity contribution in [1.29, 1.82) is 0 Å². The number of nitrogen functional groups attached to an aromatic ring is 1. The summed E-state index contributed by atoms with van der Waals surface area (Å²) in [7, 11) is 2.18. The first-order valence-corrected chi connectivity index (χ1v) is 7.28. The van der Waals surface area contributed by atoms with Crippen molar-refractivity contribution >= 4 is 5.82 Å². The third-order valence-corrected chi connectivity index (χ3v) is 3.76. The Labute approximate surface area is 120 Å². The lowest BCUT2D eigenvalue weighted by molar-refractivity contribution is 0.228. The molecule has 3 N–H and O–H groups in total. The molecule has 1 aliphatic rings. The predicted octanol–water partition coefficient (Wildman–Crippen LogP) is 1.75. The van der Waals surface area contributed by atoms with Gasteiger partial charge in [-0.1, -0.05) is 13.8 Å². The molecule has 0 bridgehead atoms. The number of nitrogens with zero attached hydrogens (tertiary/aromatic N) is 3. The topological polar surface area (TPSA) is 76.3 Å². The molecule has 0 radical (unpaired) electrons. The quantitative estimate of drug-likeness (QED) is 0.610. The normalized spacial score (nSPS) is 19.6. The summed E-state index contributed by atoms with van der Waals surface area (Å²) in [6, 6.07) is 2.37. The van der Waals surface area contributed by atoms with E-state index >= 15 is 0 Å². The van der Waals surface area contributed by atoms with Crippen molar-refractivity contribution in [1.82, 2.24) is 14.9 Å². The summed E-state index contributed by atoms with van der Waals surface area (Å²) in [6.45, 7) is 5.96. The van der Waals surface area contributed by atoms with Crippen LogP contribution in [-0.4, -0.2) is 41.1 Å². The van der Waals surface area contributed by atoms with Gasteiger partial charge in [0.05, 0.1) is 6.61 Å². The van der Waals surface area contributed by atoms with Crippen LogP contribution >= 0.6 is 0 Å². The van der Waals surface area contributed by atoms with E-state index in [1.165, 1.54) is 19.4 Å². The molecule has 0 aromatic carbocycles. The van der Waals surface area contributed by atoms with Gasteiger partial charge in [0.2, 0.25) is 5.88 Å². The zero-order valence-corrected chi connectivity index (χ0v) is 12.6. The van der Waals surface area contributed by atoms with E-state index in [9.17, 15) is 0 Å². The van der Waals surface area contributed by atoms with Gasteiger partial charge in [0.25, 0.3) is 0 Å². The van der Waals surface area contributed by atoms with Crippen molar-refractivity contribution in [2.24, 2.45) is 5.84 Å². The van der Waals surface area contributed by atoms with E-state index in [4.69, 9.17) is 10.6 Å². The van der Waals surface area contributed by atoms with Gasteiger partial charge in [0.15, 0.2) is 0 Å². The number of hydrogen-bond donors (Lipinski definition) is 2. The second-order valence-electron chi connectivity index (χ2n) is 5.66. The van der Waals surface area contributed by atoms with Gasteiger partial charge in [-0.15, -0.1) is 0 Å². The van der Waals surface area contributed by atoms with Crippen LogP contribution in [0.3, 0.4) is 0 Å². The summed E-state index contributed by atoms with van der Waals surface area (Å²) in [4.78, 5) is 11.1. The van der Waals surface area contributed by atoms with E-state index in [0.29, 0.717) is 24.3 Å². The minimum absolute atomic E-state index is 0.242. The fraction of sp³-hybridized carbons (Fsp3) is 0.714. The first-order valence-electron chi connectivity index (χ1n) is 7.28. The second-order valence-corrected chi connectivity index (χ2v) is 5.66. The van der Waals surface area contributed by atoms with Gasteiger partial charge < -0.3 is 15.1 Å². The molecule has 20 heavy (non-hydrogen) atoms. The van der Waals surface area contributed by atoms with Crippen molar-refractivity contribution in [2.45, 2.75) is 45.1 Å². The number of hydrogen-bond acceptors (Lipinski definition) is 6. The molecule has 1 atom stereocenters. The lowest BCUT2D eigenvalue weighted by atomic mass is 10.1. The lowest BCUT2D eigenvalue weighted by Gasteiger charge is -2.19. The van der Waals surface area contributed by atoms with E-state index in [-0.39, 0.29) is 5.92 Å². The molecule has 6 heteroatoms. The number of nitrogens with two attached hydrogens (primary N) is 1. The molecule has 2 rings (SSSR count). The number of hydrazine groups is 1. The van der Waals surface area contributed by atoms with Crippen LogP contribution in [-0.2, 0) is 0 Å². The van der Waals surface area contributed by atoms with Gasteiger partial charge in [-0.3, -0.25) is 0 Å². The third kappa shape index (κ3) is 3.80. The summed E-state index contributed by atoms with van der Waals surface area (Å²) in [5, 5.41) is 0. The van der Waals surface area contributed by atoms with Crippen LogP contribution in [0.5, 0.6) is 5.88 Å². The Kier molecular flexibility index (Phi) is 5.14. The number of likely N-dealkylation sites (tertiary alicyclic amines) is 1. The van der Waals surface area contributed by atoms with E-state index in [2.05, 4.69) is 27.3 Å². The Balaban J connectivity index is 1.93. The smallest absolute Gasteiger partial charge is 0.218 e. The van der Waals surface area contributed by atoms with Crippen molar-refractivity contribution in [3.63, 3.8) is 0 Å². The number of nitrogens with one attached hydrogen (secondary N) is 1. The Bertz CT molecular complexity index is 438. The number of rotatable bonds is 6. The van der Waals surface area contributed by atoms with Gasteiger partial charge in [-0.25, -0.2) is 10.8 Å². The molecule has 1 aromatic rings. The van der Waals surface area contributed by atoms with Crippen molar-refractivity contribution in [3.05, 3.63) is 11.9 Å². The third-order valence-electron chi connectivity index (χ3n) is 3.76. The zero-order chi connectivity index (χ0) is 14.5. The molecule has 1 aromatic heterocycles. The van der Waals surface area contributed by atoms with Crippen LogP contribution in [0, 0.1) is 0 Å². The van der Waals surface area contributed by atoms with Crippen LogP contribution in [0.2, 0.25) is 0 Å². The summed E-state index contributed by atoms with van der Waals surface area (Å²) in [5.74, 6) is 7.61. The van der Waals surface area contributed by atoms with E-state index in [0.717, 1.165) is 12.2 Å². The highest BCUT2D eigenvalue weighted by atomic mass is 16.5. The molecule has 0 aliphatic carbocycles. The fourth-order valence-electron chi connectivity index (χ4n) is 2.49. The molecule has 1 aliphatic heterocycles. The Morgan fingerprint density at radius 1 is 1.50 bits per heavy atom. The largest absolute Gasteiger partial charge is 0.477 e. The number of ether oxygens (including phenoxy) is 1. The maximum atomic E-state index is 5.78. The molecule has 112 valence electrons. The van der Waals surface area contributed by atoms with Gasteiger partial charge in [0.1, 0.15) is 11.6 Å². The summed E-state index contributed by atoms with van der Waals surface area (Å²) in [5.41, 5.74) is 2.56. The van der Waals surface area contributed by atoms with Gasteiger partial charge in [0, 0.05) is 18.0 Å². The monoisotopic (exact) mass is 279 g/mol. The molecule has 1 fully saturated rings. The Hall–Kier alpha value is -1.40. The molecule has 0 amide bonds. The Morgan fingerprint density at radius 3 is 2.90 bits per heavy atom. The average Bonchev–Trinajstić information content (AvgIpc) is 2.84. The summed E-state index contributed by atoms with van der Waals surface area (Å²) >= 11 is 0. The maximum Gasteiger partial charge on any atom is 0.218 e. The molecule has 0 spiro atoms. The molecule has 1 saturated heterocycles. The van der Waals surface area contributed by atoms with Crippen molar-refractivity contribution < 1.29 is 4.74 Å². The lowest BCUT2D eigenvalue weighted by Crippen LogP contribution is -2.26. The zero-order valence-electron chi connectivity index (χ0n) is 12.6. The molecule has 0 saturated carbocycles. The minimum Gasteiger partial charge on any atom is -0.477 e. The first kappa shape index (κ1) is 15.0. The van der Waals surface area contributed by atoms with Gasteiger partial charge >= 0.3 is 0 Å². The van der Waals surface area contributed by atoms with Crippen LogP contribution in [0.15, 0.2) is 6.07 Å². The highest BCUT2D eigenvalue weighted by Gasteiger charge is 2.20. The van der Waals surface area contributed by atoms with Crippen LogP contribution in [0.25, 0.3) is 0 Å². The maximum absolute atomic E-state index is 5.78. The first-order chi connectivity index (χ1) is 9.60. The Morgan fingerprint density at radius 2 is 2.30 bits per heavy atom.